The Morgan fingerprint density at radius 2 is 1.81 bits per heavy atom. The molecule has 5 rings (SSSR count). The van der Waals surface area contributed by atoms with E-state index in [-0.39, 0.29) is 49.1 Å². The van der Waals surface area contributed by atoms with Crippen LogP contribution in [0.15, 0.2) is 71.8 Å². The Labute approximate surface area is 211 Å². The molecule has 4 aromatic rings. The summed E-state index contributed by atoms with van der Waals surface area (Å²) in [6.45, 7) is 0.362. The Kier molecular flexibility index (Phi) is 6.78. The summed E-state index contributed by atoms with van der Waals surface area (Å²) >= 11 is 1.21. The van der Waals surface area contributed by atoms with Gasteiger partial charge in [-0.15, -0.1) is 0 Å². The van der Waals surface area contributed by atoms with Crippen LogP contribution in [0, 0.1) is 17.6 Å². The van der Waals surface area contributed by atoms with Crippen LogP contribution in [0.1, 0.15) is 18.5 Å². The van der Waals surface area contributed by atoms with Crippen molar-refractivity contribution in [1.82, 2.24) is 14.3 Å². The second-order valence-corrected chi connectivity index (χ2v) is 11.4. The summed E-state index contributed by atoms with van der Waals surface area (Å²) in [4.78, 5) is 23.7. The van der Waals surface area contributed by atoms with E-state index in [0.29, 0.717) is 21.0 Å². The number of amides is 1. The molecule has 7 nitrogen and oxygen atoms in total. The maximum atomic E-state index is 14.2. The minimum atomic E-state index is -4.01. The van der Waals surface area contributed by atoms with Crippen LogP contribution in [0.2, 0.25) is 0 Å². The Morgan fingerprint density at radius 1 is 1.06 bits per heavy atom. The topological polar surface area (TPSA) is 83.5 Å². The summed E-state index contributed by atoms with van der Waals surface area (Å²) in [7, 11) is -4.01. The van der Waals surface area contributed by atoms with Gasteiger partial charge in [-0.1, -0.05) is 29.5 Å². The van der Waals surface area contributed by atoms with Crippen molar-refractivity contribution in [3.63, 3.8) is 0 Å². The van der Waals surface area contributed by atoms with Crippen molar-refractivity contribution in [2.24, 2.45) is 5.92 Å². The van der Waals surface area contributed by atoms with E-state index in [4.69, 9.17) is 0 Å². The van der Waals surface area contributed by atoms with Crippen LogP contribution in [0.5, 0.6) is 0 Å². The Hall–Kier alpha value is -3.28. The van der Waals surface area contributed by atoms with Crippen molar-refractivity contribution in [2.45, 2.75) is 24.3 Å². The lowest BCUT2D eigenvalue weighted by Crippen LogP contribution is -2.44. The molecule has 0 spiro atoms. The van der Waals surface area contributed by atoms with E-state index in [1.54, 1.807) is 24.4 Å². The Morgan fingerprint density at radius 3 is 2.53 bits per heavy atom. The molecule has 1 aliphatic heterocycles. The van der Waals surface area contributed by atoms with Crippen molar-refractivity contribution in [3.8, 4) is 0 Å². The van der Waals surface area contributed by atoms with E-state index in [0.717, 1.165) is 6.07 Å². The highest BCUT2D eigenvalue weighted by atomic mass is 32.2. The molecule has 1 aliphatic rings. The molecule has 2 aromatic heterocycles. The number of sulfonamides is 1. The van der Waals surface area contributed by atoms with E-state index in [1.165, 1.54) is 50.9 Å². The number of fused-ring (bicyclic) bond motifs is 1. The second-order valence-electron chi connectivity index (χ2n) is 8.46. The van der Waals surface area contributed by atoms with Crippen LogP contribution < -0.4 is 4.90 Å². The van der Waals surface area contributed by atoms with Crippen LogP contribution in [-0.2, 0) is 21.4 Å². The van der Waals surface area contributed by atoms with Gasteiger partial charge >= 0.3 is 0 Å². The second kappa shape index (κ2) is 10.00. The number of halogens is 2. The maximum Gasteiger partial charge on any atom is 0.245 e. The summed E-state index contributed by atoms with van der Waals surface area (Å²) < 4.78 is 55.6. The van der Waals surface area contributed by atoms with E-state index in [2.05, 4.69) is 9.97 Å². The van der Waals surface area contributed by atoms with Crippen molar-refractivity contribution < 1.29 is 22.0 Å². The van der Waals surface area contributed by atoms with Crippen LogP contribution in [0.25, 0.3) is 10.2 Å². The maximum absolute atomic E-state index is 14.2. The molecule has 11 heteroatoms. The van der Waals surface area contributed by atoms with Crippen molar-refractivity contribution in [1.29, 1.82) is 0 Å². The summed E-state index contributed by atoms with van der Waals surface area (Å²) in [5.74, 6) is -1.85. The first-order chi connectivity index (χ1) is 17.3. The zero-order valence-electron chi connectivity index (χ0n) is 19.0. The molecule has 0 unspecified atom stereocenters. The van der Waals surface area contributed by atoms with E-state index in [1.807, 2.05) is 6.07 Å². The Balaban J connectivity index is 1.38. The molecule has 0 bridgehead atoms. The molecule has 1 fully saturated rings. The predicted octanol–water partition coefficient (Wildman–Crippen LogP) is 4.60. The summed E-state index contributed by atoms with van der Waals surface area (Å²) in [6.07, 6.45) is 2.20. The third kappa shape index (κ3) is 4.86. The molecule has 0 aliphatic carbocycles. The van der Waals surface area contributed by atoms with E-state index < -0.39 is 21.8 Å². The Bertz CT molecular complexity index is 1500. The van der Waals surface area contributed by atoms with Gasteiger partial charge in [0.05, 0.1) is 22.5 Å². The smallest absolute Gasteiger partial charge is 0.245 e. The summed E-state index contributed by atoms with van der Waals surface area (Å²) in [6, 6.07) is 14.9. The summed E-state index contributed by atoms with van der Waals surface area (Å²) in [5.41, 5.74) is 1.25. The summed E-state index contributed by atoms with van der Waals surface area (Å²) in [5, 5.41) is 0.424. The van der Waals surface area contributed by atoms with Gasteiger partial charge in [-0.05, 0) is 55.3 Å². The van der Waals surface area contributed by atoms with Crippen molar-refractivity contribution in [2.75, 3.05) is 18.0 Å². The molecule has 36 heavy (non-hydrogen) atoms. The molecular formula is C25H22F2N4O3S2. The number of benzene rings is 2. The van der Waals surface area contributed by atoms with Crippen LogP contribution >= 0.6 is 11.3 Å². The third-order valence-corrected chi connectivity index (χ3v) is 9.11. The van der Waals surface area contributed by atoms with Gasteiger partial charge in [-0.2, -0.15) is 4.31 Å². The fourth-order valence-electron chi connectivity index (χ4n) is 4.25. The van der Waals surface area contributed by atoms with Gasteiger partial charge < -0.3 is 0 Å². The minimum Gasteiger partial charge on any atom is -0.282 e. The number of hydrogen-bond donors (Lipinski definition) is 0. The standard InChI is InChI=1S/C25H22F2N4O3S2/c26-18-8-9-21-22(15-18)35-25(29-21)31(16-19-5-3-4-12-28-19)24(32)17-10-13-30(14-11-17)36(33,34)23-7-2-1-6-20(23)27/h1-9,12,15,17H,10-11,13-14,16H2. The highest BCUT2D eigenvalue weighted by Gasteiger charge is 2.36. The van der Waals surface area contributed by atoms with Crippen LogP contribution in [0.3, 0.4) is 0 Å². The fourth-order valence-corrected chi connectivity index (χ4v) is 6.78. The van der Waals surface area contributed by atoms with Crippen molar-refractivity contribution >= 4 is 42.6 Å². The molecule has 1 saturated heterocycles. The highest BCUT2D eigenvalue weighted by molar-refractivity contribution is 7.89. The number of rotatable bonds is 6. The number of carbonyl (C=O) groups is 1. The number of pyridine rings is 1. The zero-order valence-corrected chi connectivity index (χ0v) is 20.7. The lowest BCUT2D eigenvalue weighted by Gasteiger charge is -2.33. The average Bonchev–Trinajstić information content (AvgIpc) is 3.30. The van der Waals surface area contributed by atoms with Gasteiger partial charge in [0.2, 0.25) is 15.9 Å². The molecule has 0 saturated carbocycles. The number of nitrogens with zero attached hydrogens (tertiary/aromatic N) is 4. The first-order valence-corrected chi connectivity index (χ1v) is 13.6. The van der Waals surface area contributed by atoms with Crippen LogP contribution in [-0.4, -0.2) is 41.7 Å². The number of thiazole rings is 1. The van der Waals surface area contributed by atoms with Gasteiger partial charge in [0.1, 0.15) is 16.5 Å². The molecule has 0 atom stereocenters. The molecule has 0 radical (unpaired) electrons. The third-order valence-electron chi connectivity index (χ3n) is 6.14. The van der Waals surface area contributed by atoms with Gasteiger partial charge in [-0.25, -0.2) is 22.2 Å². The van der Waals surface area contributed by atoms with Crippen molar-refractivity contribution in [3.05, 3.63) is 84.2 Å². The van der Waals surface area contributed by atoms with Gasteiger partial charge in [0, 0.05) is 25.2 Å². The SMILES string of the molecule is O=C(C1CCN(S(=O)(=O)c2ccccc2F)CC1)N(Cc1ccccn1)c1nc2ccc(F)cc2s1. The molecule has 3 heterocycles. The number of piperidine rings is 1. The van der Waals surface area contributed by atoms with Gasteiger partial charge in [-0.3, -0.25) is 14.7 Å². The quantitative estimate of drug-likeness (QED) is 0.365. The zero-order chi connectivity index (χ0) is 25.3. The van der Waals surface area contributed by atoms with Crippen LogP contribution in [0.4, 0.5) is 13.9 Å². The molecule has 186 valence electrons. The monoisotopic (exact) mass is 528 g/mol. The lowest BCUT2D eigenvalue weighted by molar-refractivity contribution is -0.123. The largest absolute Gasteiger partial charge is 0.282 e. The molecular weight excluding hydrogens is 506 g/mol. The number of anilines is 1. The van der Waals surface area contributed by atoms with Gasteiger partial charge in [0.25, 0.3) is 0 Å². The first-order valence-electron chi connectivity index (χ1n) is 11.3. The average molecular weight is 529 g/mol. The fraction of sp³-hybridized carbons (Fsp3) is 0.240. The predicted molar refractivity (Wildman–Crippen MR) is 133 cm³/mol. The number of carbonyl (C=O) groups excluding carboxylic acids is 1. The lowest BCUT2D eigenvalue weighted by atomic mass is 9.96. The van der Waals surface area contributed by atoms with Gasteiger partial charge in [0.15, 0.2) is 5.13 Å². The van der Waals surface area contributed by atoms with E-state index >= 15 is 0 Å². The highest BCUT2D eigenvalue weighted by Crippen LogP contribution is 2.33. The molecule has 1 amide bonds. The molecule has 0 N–H and O–H groups in total. The number of hydrogen-bond acceptors (Lipinski definition) is 6. The normalized spacial score (nSPS) is 15.3. The minimum absolute atomic E-state index is 0.0928. The number of aromatic nitrogens is 2. The van der Waals surface area contributed by atoms with E-state index in [9.17, 15) is 22.0 Å². The molecule has 2 aromatic carbocycles. The first kappa shape index (κ1) is 24.4.